The summed E-state index contributed by atoms with van der Waals surface area (Å²) in [5, 5.41) is 3.67. The predicted molar refractivity (Wildman–Crippen MR) is 180 cm³/mol. The molecule has 1 N–H and O–H groups in total. The molecule has 1 aromatic heterocycles. The van der Waals surface area contributed by atoms with Gasteiger partial charge in [-0.25, -0.2) is 0 Å². The number of fused-ring (bicyclic) bond motifs is 2. The summed E-state index contributed by atoms with van der Waals surface area (Å²) in [4.78, 5) is 42.4. The van der Waals surface area contributed by atoms with Crippen molar-refractivity contribution in [1.82, 2.24) is 10.2 Å². The van der Waals surface area contributed by atoms with Gasteiger partial charge in [-0.15, -0.1) is 11.8 Å². The van der Waals surface area contributed by atoms with E-state index in [0.717, 1.165) is 27.2 Å². The van der Waals surface area contributed by atoms with E-state index < -0.39 is 35.5 Å². The molecule has 0 bridgehead atoms. The zero-order chi connectivity index (χ0) is 34.2. The van der Waals surface area contributed by atoms with Crippen LogP contribution in [-0.2, 0) is 19.0 Å². The van der Waals surface area contributed by atoms with Gasteiger partial charge in [-0.2, -0.15) is 13.2 Å². The van der Waals surface area contributed by atoms with Gasteiger partial charge in [-0.1, -0.05) is 61.8 Å². The number of carbonyl (C=O) groups is 3. The van der Waals surface area contributed by atoms with Crippen LogP contribution in [0, 0.1) is 0 Å². The van der Waals surface area contributed by atoms with Crippen LogP contribution in [0.3, 0.4) is 0 Å². The maximum Gasteiger partial charge on any atom is 0.416 e. The number of thioether (sulfide) groups is 1. The number of aryl methyl sites for hydroxylation is 1. The Morgan fingerprint density at radius 1 is 0.938 bits per heavy atom. The van der Waals surface area contributed by atoms with Crippen molar-refractivity contribution in [2.45, 2.75) is 43.8 Å². The standard InChI is InChI=1S/C37H30ClF3N2O4S/c1-3-26-27-16-12-23(18-33(27)47-32(26)17-22-9-13-24(38)19-30(22)37(39,40)41)34(44)42-31(21-10-14-25(15-11-21)48-4-2)20-43-35(45)28-7-5-6-8-29(28)36(43)46/h5-16,18-19,31H,3-4,17,20H2,1-2H3,(H,42,44). The molecule has 4 aromatic carbocycles. The number of carbonyl (C=O) groups excluding carboxylic acids is 3. The zero-order valence-electron chi connectivity index (χ0n) is 26.0. The summed E-state index contributed by atoms with van der Waals surface area (Å²) < 4.78 is 47.5. The Hall–Kier alpha value is -4.54. The number of halogens is 4. The van der Waals surface area contributed by atoms with E-state index in [0.29, 0.717) is 39.8 Å². The molecule has 0 saturated heterocycles. The van der Waals surface area contributed by atoms with Crippen molar-refractivity contribution in [3.05, 3.63) is 135 Å². The quantitative estimate of drug-likeness (QED) is 0.117. The molecule has 6 nitrogen and oxygen atoms in total. The third kappa shape index (κ3) is 6.59. The Bertz CT molecular complexity index is 2010. The van der Waals surface area contributed by atoms with Gasteiger partial charge in [0.25, 0.3) is 17.7 Å². The molecule has 3 amide bonds. The lowest BCUT2D eigenvalue weighted by Gasteiger charge is -2.24. The number of furan rings is 1. The lowest BCUT2D eigenvalue weighted by atomic mass is 9.99. The molecule has 6 rings (SSSR count). The van der Waals surface area contributed by atoms with E-state index in [1.165, 1.54) is 12.1 Å². The lowest BCUT2D eigenvalue weighted by molar-refractivity contribution is -0.138. The van der Waals surface area contributed by atoms with E-state index in [1.807, 2.05) is 38.1 Å². The molecule has 1 unspecified atom stereocenters. The number of benzene rings is 4. The second-order valence-electron chi connectivity index (χ2n) is 11.3. The smallest absolute Gasteiger partial charge is 0.416 e. The Balaban J connectivity index is 1.30. The van der Waals surface area contributed by atoms with Crippen molar-refractivity contribution in [2.75, 3.05) is 12.3 Å². The molecule has 48 heavy (non-hydrogen) atoms. The number of nitrogens with zero attached hydrogens (tertiary/aromatic N) is 1. The topological polar surface area (TPSA) is 79.6 Å². The van der Waals surface area contributed by atoms with Crippen LogP contribution in [0.15, 0.2) is 94.2 Å². The molecule has 0 spiro atoms. The number of amides is 3. The van der Waals surface area contributed by atoms with Gasteiger partial charge in [0, 0.05) is 32.9 Å². The third-order valence-electron chi connectivity index (χ3n) is 8.36. The second kappa shape index (κ2) is 13.5. The first kappa shape index (κ1) is 33.4. The molecule has 0 aliphatic carbocycles. The van der Waals surface area contributed by atoms with E-state index in [1.54, 1.807) is 54.2 Å². The Morgan fingerprint density at radius 2 is 1.62 bits per heavy atom. The van der Waals surface area contributed by atoms with Crippen molar-refractivity contribution in [3.8, 4) is 0 Å². The number of nitrogens with one attached hydrogen (secondary N) is 1. The summed E-state index contributed by atoms with van der Waals surface area (Å²) in [5.74, 6) is -0.0860. The largest absolute Gasteiger partial charge is 0.460 e. The Morgan fingerprint density at radius 3 is 2.25 bits per heavy atom. The number of imide groups is 1. The fraction of sp³-hybridized carbons (Fsp3) is 0.216. The molecule has 2 heterocycles. The van der Waals surface area contributed by atoms with E-state index in [2.05, 4.69) is 5.32 Å². The van der Waals surface area contributed by atoms with Gasteiger partial charge in [0.1, 0.15) is 11.3 Å². The fourth-order valence-corrected chi connectivity index (χ4v) is 6.87. The molecular formula is C37H30ClF3N2O4S. The lowest BCUT2D eigenvalue weighted by Crippen LogP contribution is -2.40. The molecule has 0 saturated carbocycles. The maximum absolute atomic E-state index is 13.8. The number of hydrogen-bond donors (Lipinski definition) is 1. The summed E-state index contributed by atoms with van der Waals surface area (Å²) in [6.45, 7) is 3.84. The summed E-state index contributed by atoms with van der Waals surface area (Å²) >= 11 is 7.54. The molecule has 246 valence electrons. The van der Waals surface area contributed by atoms with Crippen LogP contribution < -0.4 is 5.32 Å². The highest BCUT2D eigenvalue weighted by molar-refractivity contribution is 7.99. The Kier molecular flexibility index (Phi) is 9.40. The molecule has 0 radical (unpaired) electrons. The van der Waals surface area contributed by atoms with E-state index >= 15 is 0 Å². The molecule has 5 aromatic rings. The van der Waals surface area contributed by atoms with Crippen LogP contribution >= 0.6 is 23.4 Å². The summed E-state index contributed by atoms with van der Waals surface area (Å²) in [6.07, 6.45) is -4.21. The van der Waals surface area contributed by atoms with E-state index in [9.17, 15) is 27.6 Å². The first-order valence-corrected chi connectivity index (χ1v) is 16.7. The molecule has 1 atom stereocenters. The minimum Gasteiger partial charge on any atom is -0.460 e. The summed E-state index contributed by atoms with van der Waals surface area (Å²) in [7, 11) is 0. The zero-order valence-corrected chi connectivity index (χ0v) is 27.6. The predicted octanol–water partition coefficient (Wildman–Crippen LogP) is 9.14. The van der Waals surface area contributed by atoms with Crippen LogP contribution in [0.4, 0.5) is 13.2 Å². The van der Waals surface area contributed by atoms with Crippen molar-refractivity contribution in [1.29, 1.82) is 0 Å². The highest BCUT2D eigenvalue weighted by Crippen LogP contribution is 2.37. The van der Waals surface area contributed by atoms with Gasteiger partial charge in [-0.3, -0.25) is 19.3 Å². The highest BCUT2D eigenvalue weighted by atomic mass is 35.5. The highest BCUT2D eigenvalue weighted by Gasteiger charge is 2.37. The Labute approximate surface area is 284 Å². The SMILES string of the molecule is CCSc1ccc(C(CN2C(=O)c3ccccc3C2=O)NC(=O)c2ccc3c(CC)c(Cc4ccc(Cl)cc4C(F)(F)F)oc3c2)cc1. The first-order valence-electron chi connectivity index (χ1n) is 15.4. The summed E-state index contributed by atoms with van der Waals surface area (Å²) in [6, 6.07) is 22.0. The van der Waals surface area contributed by atoms with Gasteiger partial charge >= 0.3 is 6.18 Å². The van der Waals surface area contributed by atoms with Crippen LogP contribution in [0.2, 0.25) is 5.02 Å². The van der Waals surface area contributed by atoms with Gasteiger partial charge in [0.15, 0.2) is 0 Å². The van der Waals surface area contributed by atoms with Crippen LogP contribution in [0.25, 0.3) is 11.0 Å². The van der Waals surface area contributed by atoms with Crippen molar-refractivity contribution < 1.29 is 32.0 Å². The molecular weight excluding hydrogens is 661 g/mol. The van der Waals surface area contributed by atoms with Crippen molar-refractivity contribution in [2.24, 2.45) is 0 Å². The number of alkyl halides is 3. The van der Waals surface area contributed by atoms with Gasteiger partial charge < -0.3 is 9.73 Å². The first-order chi connectivity index (χ1) is 23.0. The molecule has 11 heteroatoms. The number of rotatable bonds is 10. The molecule has 0 fully saturated rings. The minimum atomic E-state index is -4.59. The third-order valence-corrected chi connectivity index (χ3v) is 9.49. The van der Waals surface area contributed by atoms with Crippen LogP contribution in [0.5, 0.6) is 0 Å². The van der Waals surface area contributed by atoms with Crippen LogP contribution in [-0.4, -0.2) is 34.9 Å². The van der Waals surface area contributed by atoms with Crippen molar-refractivity contribution >= 4 is 52.1 Å². The van der Waals surface area contributed by atoms with E-state index in [4.69, 9.17) is 16.0 Å². The monoisotopic (exact) mass is 690 g/mol. The maximum atomic E-state index is 13.8. The number of hydrogen-bond acceptors (Lipinski definition) is 5. The molecule has 1 aliphatic rings. The van der Waals surface area contributed by atoms with Gasteiger partial charge in [0.05, 0.1) is 29.3 Å². The minimum absolute atomic E-state index is 0.0147. The average Bonchev–Trinajstić information content (AvgIpc) is 3.54. The fourth-order valence-electron chi connectivity index (χ4n) is 6.04. The molecule has 1 aliphatic heterocycles. The summed E-state index contributed by atoms with van der Waals surface area (Å²) in [5.41, 5.74) is 1.88. The van der Waals surface area contributed by atoms with Gasteiger partial charge in [0.2, 0.25) is 0 Å². The van der Waals surface area contributed by atoms with Crippen LogP contribution in [0.1, 0.15) is 79.0 Å². The van der Waals surface area contributed by atoms with Gasteiger partial charge in [-0.05, 0) is 71.8 Å². The second-order valence-corrected chi connectivity index (χ2v) is 13.1. The van der Waals surface area contributed by atoms with Crippen molar-refractivity contribution in [3.63, 3.8) is 0 Å². The van der Waals surface area contributed by atoms with E-state index in [-0.39, 0.29) is 29.1 Å². The normalized spacial score (nSPS) is 13.7. The average molecular weight is 691 g/mol.